The highest BCUT2D eigenvalue weighted by Gasteiger charge is 2.10. The summed E-state index contributed by atoms with van der Waals surface area (Å²) < 4.78 is 1.26. The van der Waals surface area contributed by atoms with Crippen LogP contribution in [0.15, 0.2) is 29.1 Å². The molecule has 0 spiro atoms. The topological polar surface area (TPSA) is 76.9 Å². The van der Waals surface area contributed by atoms with Gasteiger partial charge in [-0.2, -0.15) is 0 Å². The number of benzene rings is 1. The number of amides is 1. The van der Waals surface area contributed by atoms with Crippen molar-refractivity contribution in [2.75, 3.05) is 6.54 Å². The highest BCUT2D eigenvalue weighted by Crippen LogP contribution is 2.11. The van der Waals surface area contributed by atoms with Crippen LogP contribution in [0.3, 0.4) is 0 Å². The second-order valence-corrected chi connectivity index (χ2v) is 6.11. The van der Waals surface area contributed by atoms with E-state index in [4.69, 9.17) is 0 Å². The van der Waals surface area contributed by atoms with Crippen LogP contribution in [0.2, 0.25) is 0 Å². The minimum absolute atomic E-state index is 0.0493. The van der Waals surface area contributed by atoms with Gasteiger partial charge in [-0.25, -0.2) is 4.68 Å². The van der Waals surface area contributed by atoms with Gasteiger partial charge >= 0.3 is 0 Å². The summed E-state index contributed by atoms with van der Waals surface area (Å²) >= 11 is 0. The van der Waals surface area contributed by atoms with Crippen LogP contribution < -0.4 is 10.9 Å². The number of hydrogen-bond donors (Lipinski definition) is 1. The van der Waals surface area contributed by atoms with Crippen LogP contribution in [0.1, 0.15) is 46.0 Å². The first kappa shape index (κ1) is 18.1. The predicted octanol–water partition coefficient (Wildman–Crippen LogP) is 2.51. The SMILES string of the molecule is CCCCC(CC)CNC(=O)CCn1nnc2ccccc2c1=O. The summed E-state index contributed by atoms with van der Waals surface area (Å²) in [7, 11) is 0. The van der Waals surface area contributed by atoms with E-state index in [2.05, 4.69) is 29.5 Å². The first-order valence-corrected chi connectivity index (χ1v) is 8.75. The average molecular weight is 330 g/mol. The van der Waals surface area contributed by atoms with Crippen LogP contribution in [0, 0.1) is 5.92 Å². The Hall–Kier alpha value is -2.24. The van der Waals surface area contributed by atoms with E-state index in [1.807, 2.05) is 6.07 Å². The Morgan fingerprint density at radius 1 is 1.29 bits per heavy atom. The maximum Gasteiger partial charge on any atom is 0.277 e. The summed E-state index contributed by atoms with van der Waals surface area (Å²) in [5, 5.41) is 11.4. The molecule has 6 heteroatoms. The summed E-state index contributed by atoms with van der Waals surface area (Å²) in [5.74, 6) is 0.476. The summed E-state index contributed by atoms with van der Waals surface area (Å²) in [5.41, 5.74) is 0.368. The van der Waals surface area contributed by atoms with Gasteiger partial charge in [-0.15, -0.1) is 5.10 Å². The third kappa shape index (κ3) is 4.88. The van der Waals surface area contributed by atoms with Crippen molar-refractivity contribution in [2.24, 2.45) is 5.92 Å². The summed E-state index contributed by atoms with van der Waals surface area (Å²) in [6.45, 7) is 5.27. The molecule has 0 bridgehead atoms. The number of hydrogen-bond acceptors (Lipinski definition) is 4. The number of carbonyl (C=O) groups excluding carboxylic acids is 1. The van der Waals surface area contributed by atoms with Crippen LogP contribution in [0.5, 0.6) is 0 Å². The molecule has 0 fully saturated rings. The van der Waals surface area contributed by atoms with Crippen molar-refractivity contribution >= 4 is 16.8 Å². The Morgan fingerprint density at radius 3 is 2.83 bits per heavy atom. The van der Waals surface area contributed by atoms with Crippen molar-refractivity contribution < 1.29 is 4.79 Å². The number of fused-ring (bicyclic) bond motifs is 1. The van der Waals surface area contributed by atoms with Crippen LogP contribution in [-0.4, -0.2) is 27.4 Å². The Kier molecular flexibility index (Phi) is 6.90. The van der Waals surface area contributed by atoms with E-state index in [1.54, 1.807) is 18.2 Å². The quantitative estimate of drug-likeness (QED) is 0.766. The minimum Gasteiger partial charge on any atom is -0.356 e. The molecule has 6 nitrogen and oxygen atoms in total. The number of aromatic nitrogens is 3. The zero-order valence-electron chi connectivity index (χ0n) is 14.5. The largest absolute Gasteiger partial charge is 0.356 e. The Labute approximate surface area is 142 Å². The van der Waals surface area contributed by atoms with Gasteiger partial charge in [0.15, 0.2) is 0 Å². The summed E-state index contributed by atoms with van der Waals surface area (Å²) in [6.07, 6.45) is 4.81. The van der Waals surface area contributed by atoms with E-state index in [1.165, 1.54) is 17.5 Å². The molecule has 0 aliphatic heterocycles. The van der Waals surface area contributed by atoms with Crippen LogP contribution >= 0.6 is 0 Å². The third-order valence-electron chi connectivity index (χ3n) is 4.31. The molecule has 1 N–H and O–H groups in total. The smallest absolute Gasteiger partial charge is 0.277 e. The maximum absolute atomic E-state index is 12.3. The molecule has 2 rings (SSSR count). The molecule has 1 atom stereocenters. The molecule has 1 unspecified atom stereocenters. The zero-order valence-corrected chi connectivity index (χ0v) is 14.5. The fraction of sp³-hybridized carbons (Fsp3) is 0.556. The van der Waals surface area contributed by atoms with Crippen molar-refractivity contribution in [2.45, 2.75) is 52.5 Å². The third-order valence-corrected chi connectivity index (χ3v) is 4.31. The molecule has 1 aromatic heterocycles. The van der Waals surface area contributed by atoms with Crippen molar-refractivity contribution in [3.8, 4) is 0 Å². The molecule has 2 aromatic rings. The number of unbranched alkanes of at least 4 members (excludes halogenated alkanes) is 1. The van der Waals surface area contributed by atoms with Gasteiger partial charge in [0.2, 0.25) is 5.91 Å². The van der Waals surface area contributed by atoms with Crippen molar-refractivity contribution in [1.29, 1.82) is 0 Å². The first-order chi connectivity index (χ1) is 11.7. The molecule has 0 aliphatic carbocycles. The molecule has 130 valence electrons. The molecule has 1 aromatic carbocycles. The van der Waals surface area contributed by atoms with E-state index in [-0.39, 0.29) is 24.4 Å². The maximum atomic E-state index is 12.3. The number of carbonyl (C=O) groups is 1. The average Bonchev–Trinajstić information content (AvgIpc) is 2.61. The molecular formula is C18H26N4O2. The molecule has 0 aliphatic rings. The fourth-order valence-electron chi connectivity index (χ4n) is 2.67. The molecule has 1 amide bonds. The molecule has 0 saturated carbocycles. The Morgan fingerprint density at radius 2 is 2.08 bits per heavy atom. The number of nitrogens with zero attached hydrogens (tertiary/aromatic N) is 3. The lowest BCUT2D eigenvalue weighted by Gasteiger charge is -2.15. The van der Waals surface area contributed by atoms with Gasteiger partial charge in [0.1, 0.15) is 5.52 Å². The normalized spacial score (nSPS) is 12.2. The molecule has 24 heavy (non-hydrogen) atoms. The molecular weight excluding hydrogens is 304 g/mol. The van der Waals surface area contributed by atoms with E-state index >= 15 is 0 Å². The highest BCUT2D eigenvalue weighted by molar-refractivity contribution is 5.77. The lowest BCUT2D eigenvalue weighted by atomic mass is 9.99. The standard InChI is InChI=1S/C18H26N4O2/c1-3-5-8-14(4-2)13-19-17(23)11-12-22-18(24)15-9-6-7-10-16(15)20-21-22/h6-7,9-10,14H,3-5,8,11-13H2,1-2H3,(H,19,23). The number of nitrogens with one attached hydrogen (secondary N) is 1. The van der Waals surface area contributed by atoms with Crippen molar-refractivity contribution in [3.05, 3.63) is 34.6 Å². The van der Waals surface area contributed by atoms with E-state index < -0.39 is 0 Å². The van der Waals surface area contributed by atoms with Crippen LogP contribution in [0.25, 0.3) is 10.9 Å². The fourth-order valence-corrected chi connectivity index (χ4v) is 2.67. The summed E-state index contributed by atoms with van der Waals surface area (Å²) in [4.78, 5) is 24.3. The minimum atomic E-state index is -0.206. The van der Waals surface area contributed by atoms with Crippen molar-refractivity contribution in [1.82, 2.24) is 20.3 Å². The van der Waals surface area contributed by atoms with E-state index in [0.29, 0.717) is 23.4 Å². The lowest BCUT2D eigenvalue weighted by Crippen LogP contribution is -2.32. The lowest BCUT2D eigenvalue weighted by molar-refractivity contribution is -0.121. The first-order valence-electron chi connectivity index (χ1n) is 8.75. The Bertz CT molecular complexity index is 726. The van der Waals surface area contributed by atoms with E-state index in [9.17, 15) is 9.59 Å². The van der Waals surface area contributed by atoms with Gasteiger partial charge in [-0.3, -0.25) is 9.59 Å². The van der Waals surface area contributed by atoms with Gasteiger partial charge in [-0.05, 0) is 24.5 Å². The van der Waals surface area contributed by atoms with Gasteiger partial charge in [0.25, 0.3) is 5.56 Å². The predicted molar refractivity (Wildman–Crippen MR) is 94.7 cm³/mol. The Balaban J connectivity index is 1.88. The molecule has 0 saturated heterocycles. The number of aryl methyl sites for hydroxylation is 1. The van der Waals surface area contributed by atoms with Crippen LogP contribution in [0.4, 0.5) is 0 Å². The van der Waals surface area contributed by atoms with E-state index in [0.717, 1.165) is 12.8 Å². The van der Waals surface area contributed by atoms with Gasteiger partial charge in [0, 0.05) is 13.0 Å². The highest BCUT2D eigenvalue weighted by atomic mass is 16.2. The van der Waals surface area contributed by atoms with Crippen molar-refractivity contribution in [3.63, 3.8) is 0 Å². The van der Waals surface area contributed by atoms with Crippen LogP contribution in [-0.2, 0) is 11.3 Å². The van der Waals surface area contributed by atoms with Gasteiger partial charge in [-0.1, -0.05) is 50.5 Å². The second kappa shape index (κ2) is 9.15. The summed E-state index contributed by atoms with van der Waals surface area (Å²) in [6, 6.07) is 7.09. The second-order valence-electron chi connectivity index (χ2n) is 6.11. The van der Waals surface area contributed by atoms with Gasteiger partial charge < -0.3 is 5.32 Å². The zero-order chi connectivity index (χ0) is 17.4. The number of rotatable bonds is 9. The molecule has 1 heterocycles. The monoisotopic (exact) mass is 330 g/mol. The molecule has 0 radical (unpaired) electrons. The van der Waals surface area contributed by atoms with Gasteiger partial charge in [0.05, 0.1) is 11.9 Å².